The maximum atomic E-state index is 12.2. The molecule has 6 rings (SSSR count). The summed E-state index contributed by atoms with van der Waals surface area (Å²) in [7, 11) is 1.50. The highest BCUT2D eigenvalue weighted by molar-refractivity contribution is 5.88. The number of carbonyl (C=O) groups excluding carboxylic acids is 1. The summed E-state index contributed by atoms with van der Waals surface area (Å²) in [6, 6.07) is 2.46. The molecule has 0 aliphatic heterocycles. The average molecular weight is 610 g/mol. The van der Waals surface area contributed by atoms with Crippen molar-refractivity contribution in [2.24, 2.45) is 11.1 Å². The second-order valence-electron chi connectivity index (χ2n) is 12.0. The van der Waals surface area contributed by atoms with E-state index >= 15 is 0 Å². The highest BCUT2D eigenvalue weighted by atomic mass is 19.4. The smallest absolute Gasteiger partial charge is 0.418 e. The number of rotatable bonds is 6. The van der Waals surface area contributed by atoms with Gasteiger partial charge in [0.25, 0.3) is 0 Å². The standard InChI is InChI=1S/C22H33NO2.C8H6F3NO2.CH5N.CH2O/c1-2-4-6-18(5-3-1)24-15-19-20(23-25-21(19)17-7-8-17)16-9-11-22(12-10-16)13-14-22;9-8(10,11)5-3-4(7(13)14)1-2-6(5)12;2*1-2/h16-18H,1-15H2;1-3H,12H2,(H,13,14);2H2,1H3;1H2. The first kappa shape index (κ1) is 34.6. The van der Waals surface area contributed by atoms with E-state index in [1.165, 1.54) is 114 Å². The van der Waals surface area contributed by atoms with Crippen LogP contribution < -0.4 is 11.5 Å². The Bertz CT molecular complexity index is 1160. The highest BCUT2D eigenvalue weighted by Gasteiger charge is 2.46. The molecule has 5 N–H and O–H groups in total. The number of hydrogen-bond donors (Lipinski definition) is 3. The summed E-state index contributed by atoms with van der Waals surface area (Å²) in [5, 5.41) is 13.1. The summed E-state index contributed by atoms with van der Waals surface area (Å²) >= 11 is 0. The molecule has 1 heterocycles. The second-order valence-corrected chi connectivity index (χ2v) is 12.0. The van der Waals surface area contributed by atoms with Gasteiger partial charge < -0.3 is 30.6 Å². The number of carbonyl (C=O) groups is 2. The van der Waals surface area contributed by atoms with E-state index in [1.54, 1.807) is 0 Å². The SMILES string of the molecule is C1CCCC(OCc2c(C3CCC4(CC3)CC4)noc2C2CC2)CC1.C=O.CN.Nc1ccc(C(=O)O)cc1C(F)(F)F. The lowest BCUT2D eigenvalue weighted by atomic mass is 9.77. The van der Waals surface area contributed by atoms with E-state index in [0.717, 1.165) is 24.2 Å². The number of halogens is 3. The van der Waals surface area contributed by atoms with Gasteiger partial charge >= 0.3 is 12.1 Å². The quantitative estimate of drug-likeness (QED) is 0.224. The van der Waals surface area contributed by atoms with Crippen LogP contribution in [0.4, 0.5) is 18.9 Å². The van der Waals surface area contributed by atoms with Gasteiger partial charge in [-0.05, 0) is 94.9 Å². The van der Waals surface area contributed by atoms with E-state index in [0.29, 0.717) is 24.0 Å². The van der Waals surface area contributed by atoms with E-state index in [2.05, 4.69) is 10.9 Å². The van der Waals surface area contributed by atoms with Gasteiger partial charge in [0.1, 0.15) is 12.5 Å². The minimum absolute atomic E-state index is 0.438. The summed E-state index contributed by atoms with van der Waals surface area (Å²) < 4.78 is 48.9. The molecule has 11 heteroatoms. The normalized spacial score (nSPS) is 19.9. The number of anilines is 1. The van der Waals surface area contributed by atoms with Crippen LogP contribution in [0.2, 0.25) is 0 Å². The Morgan fingerprint density at radius 1 is 1.00 bits per heavy atom. The summed E-state index contributed by atoms with van der Waals surface area (Å²) in [6.45, 7) is 2.75. The Morgan fingerprint density at radius 3 is 2.12 bits per heavy atom. The van der Waals surface area contributed by atoms with Crippen LogP contribution in [-0.4, -0.2) is 36.2 Å². The molecule has 8 nitrogen and oxygen atoms in total. The summed E-state index contributed by atoms with van der Waals surface area (Å²) in [5.41, 5.74) is 10.9. The van der Waals surface area contributed by atoms with Crippen molar-refractivity contribution in [1.29, 1.82) is 0 Å². The van der Waals surface area contributed by atoms with Gasteiger partial charge in [-0.25, -0.2) is 4.79 Å². The summed E-state index contributed by atoms with van der Waals surface area (Å²) in [5.74, 6) is 1.01. The lowest BCUT2D eigenvalue weighted by Gasteiger charge is -2.27. The fourth-order valence-electron chi connectivity index (χ4n) is 6.19. The molecule has 2 aromatic rings. The molecule has 0 radical (unpaired) electrons. The number of ether oxygens (including phenoxy) is 1. The van der Waals surface area contributed by atoms with Crippen LogP contribution >= 0.6 is 0 Å². The molecule has 0 saturated heterocycles. The van der Waals surface area contributed by atoms with Crippen molar-refractivity contribution in [3.05, 3.63) is 46.3 Å². The van der Waals surface area contributed by atoms with Crippen molar-refractivity contribution in [2.45, 2.75) is 121 Å². The van der Waals surface area contributed by atoms with Gasteiger partial charge in [0.2, 0.25) is 0 Å². The fourth-order valence-corrected chi connectivity index (χ4v) is 6.19. The van der Waals surface area contributed by atoms with E-state index in [9.17, 15) is 18.0 Å². The molecule has 1 aromatic heterocycles. The first-order valence-corrected chi connectivity index (χ1v) is 15.3. The Kier molecular flexibility index (Phi) is 12.6. The van der Waals surface area contributed by atoms with Gasteiger partial charge in [-0.15, -0.1) is 0 Å². The first-order valence-electron chi connectivity index (χ1n) is 15.3. The molecule has 4 saturated carbocycles. The van der Waals surface area contributed by atoms with Crippen molar-refractivity contribution < 1.29 is 37.1 Å². The minimum atomic E-state index is -4.63. The van der Waals surface area contributed by atoms with Crippen LogP contribution in [0.3, 0.4) is 0 Å². The van der Waals surface area contributed by atoms with E-state index in [1.807, 2.05) is 6.79 Å². The number of nitrogen functional groups attached to an aromatic ring is 1. The fraction of sp³-hybridized carbons (Fsp3) is 0.656. The number of carboxylic acids is 1. The van der Waals surface area contributed by atoms with Crippen molar-refractivity contribution in [2.75, 3.05) is 12.8 Å². The molecule has 4 aliphatic rings. The summed E-state index contributed by atoms with van der Waals surface area (Å²) in [4.78, 5) is 18.4. The number of alkyl halides is 3. The molecular weight excluding hydrogens is 563 g/mol. The van der Waals surface area contributed by atoms with E-state index in [4.69, 9.17) is 24.9 Å². The van der Waals surface area contributed by atoms with Crippen molar-refractivity contribution in [1.82, 2.24) is 5.16 Å². The zero-order valence-corrected chi connectivity index (χ0v) is 25.1. The zero-order valence-electron chi connectivity index (χ0n) is 25.1. The Hall–Kier alpha value is -2.92. The molecule has 0 unspecified atom stereocenters. The first-order chi connectivity index (χ1) is 20.7. The number of nitrogens with zero attached hydrogens (tertiary/aromatic N) is 1. The van der Waals surface area contributed by atoms with Gasteiger partial charge in [0.05, 0.1) is 29.5 Å². The maximum Gasteiger partial charge on any atom is 0.418 e. The second kappa shape index (κ2) is 15.7. The molecule has 4 fully saturated rings. The molecule has 240 valence electrons. The number of hydrogen-bond acceptors (Lipinski definition) is 7. The van der Waals surface area contributed by atoms with Crippen molar-refractivity contribution >= 4 is 18.4 Å². The monoisotopic (exact) mass is 609 g/mol. The number of benzene rings is 1. The lowest BCUT2D eigenvalue weighted by Crippen LogP contribution is -2.17. The molecule has 0 atom stereocenters. The Labute approximate surface area is 251 Å². The van der Waals surface area contributed by atoms with Crippen LogP contribution in [-0.2, 0) is 22.3 Å². The Balaban J connectivity index is 0.000000241. The van der Waals surface area contributed by atoms with E-state index < -0.39 is 29.0 Å². The largest absolute Gasteiger partial charge is 0.478 e. The van der Waals surface area contributed by atoms with Gasteiger partial charge in [-0.3, -0.25) is 0 Å². The number of carboxylic acid groups (broad SMARTS) is 1. The predicted octanol–water partition coefficient (Wildman–Crippen LogP) is 7.61. The molecule has 4 aliphatic carbocycles. The third kappa shape index (κ3) is 9.53. The highest BCUT2D eigenvalue weighted by Crippen LogP contribution is 2.59. The van der Waals surface area contributed by atoms with Gasteiger partial charge in [0, 0.05) is 23.1 Å². The van der Waals surface area contributed by atoms with Crippen LogP contribution in [0, 0.1) is 5.41 Å². The molecule has 0 amide bonds. The molecule has 1 spiro atoms. The van der Waals surface area contributed by atoms with Crippen LogP contribution in [0.5, 0.6) is 0 Å². The number of aromatic nitrogens is 1. The van der Waals surface area contributed by atoms with Crippen molar-refractivity contribution in [3.8, 4) is 0 Å². The summed E-state index contributed by atoms with van der Waals surface area (Å²) in [6.07, 6.45) is 14.7. The number of aromatic carboxylic acids is 1. The Morgan fingerprint density at radius 2 is 1.60 bits per heavy atom. The van der Waals surface area contributed by atoms with Crippen LogP contribution in [0.15, 0.2) is 22.7 Å². The molecule has 0 bridgehead atoms. The molecule has 1 aromatic carbocycles. The van der Waals surface area contributed by atoms with E-state index in [-0.39, 0.29) is 0 Å². The number of nitrogens with two attached hydrogens (primary N) is 2. The van der Waals surface area contributed by atoms with Gasteiger partial charge in [0.15, 0.2) is 0 Å². The van der Waals surface area contributed by atoms with Gasteiger partial charge in [-0.2, -0.15) is 13.2 Å². The third-order valence-corrected chi connectivity index (χ3v) is 9.06. The lowest BCUT2D eigenvalue weighted by molar-refractivity contribution is -0.136. The zero-order chi connectivity index (χ0) is 31.6. The van der Waals surface area contributed by atoms with Crippen LogP contribution in [0.1, 0.15) is 135 Å². The third-order valence-electron chi connectivity index (χ3n) is 9.06. The molecular formula is C32H46F3N3O5. The van der Waals surface area contributed by atoms with Crippen molar-refractivity contribution in [3.63, 3.8) is 0 Å². The van der Waals surface area contributed by atoms with Gasteiger partial charge in [-0.1, -0.05) is 30.8 Å². The minimum Gasteiger partial charge on any atom is -0.478 e. The molecule has 43 heavy (non-hydrogen) atoms. The van der Waals surface area contributed by atoms with Crippen LogP contribution in [0.25, 0.3) is 0 Å². The predicted molar refractivity (Wildman–Crippen MR) is 158 cm³/mol. The maximum absolute atomic E-state index is 12.2. The average Bonchev–Trinajstić information content (AvgIpc) is 3.94. The topological polar surface area (TPSA) is 142 Å².